The summed E-state index contributed by atoms with van der Waals surface area (Å²) >= 11 is 0. The van der Waals surface area contributed by atoms with Gasteiger partial charge in [-0.1, -0.05) is 26.0 Å². The molecule has 8 nitrogen and oxygen atoms in total. The van der Waals surface area contributed by atoms with Crippen LogP contribution < -0.4 is 5.32 Å². The number of carbonyl (C=O) groups excluding carboxylic acids is 1. The normalized spacial score (nSPS) is 12.1. The predicted octanol–water partition coefficient (Wildman–Crippen LogP) is 7.17. The maximum Gasteiger partial charge on any atom is 0.418 e. The van der Waals surface area contributed by atoms with E-state index in [0.717, 1.165) is 11.6 Å². The van der Waals surface area contributed by atoms with Crippen molar-refractivity contribution in [1.82, 2.24) is 24.8 Å². The van der Waals surface area contributed by atoms with E-state index < -0.39 is 17.2 Å². The van der Waals surface area contributed by atoms with Gasteiger partial charge in [0.15, 0.2) is 11.5 Å². The molecule has 1 amide bonds. The van der Waals surface area contributed by atoms with E-state index in [4.69, 9.17) is 4.74 Å². The van der Waals surface area contributed by atoms with Gasteiger partial charge in [0.05, 0.1) is 22.1 Å². The Kier molecular flexibility index (Phi) is 9.64. The van der Waals surface area contributed by atoms with Crippen molar-refractivity contribution in [3.05, 3.63) is 71.7 Å². The van der Waals surface area contributed by atoms with Crippen molar-refractivity contribution >= 4 is 28.4 Å². The number of amides is 1. The molecule has 4 rings (SSSR count). The fourth-order valence-corrected chi connectivity index (χ4v) is 4.71. The number of ether oxygens (including phenoxy) is 1. The molecule has 3 heterocycles. The Hall–Kier alpha value is -4.12. The molecule has 228 valence electrons. The van der Waals surface area contributed by atoms with Gasteiger partial charge in [0.25, 0.3) is 0 Å². The van der Waals surface area contributed by atoms with Crippen molar-refractivity contribution in [3.8, 4) is 11.4 Å². The third-order valence-corrected chi connectivity index (χ3v) is 7.10. The van der Waals surface area contributed by atoms with Gasteiger partial charge in [-0.3, -0.25) is 9.78 Å². The third kappa shape index (κ3) is 7.27. The number of pyridine rings is 2. The van der Waals surface area contributed by atoms with Gasteiger partial charge in [0, 0.05) is 31.6 Å². The largest absolute Gasteiger partial charge is 0.418 e. The average Bonchev–Trinajstić information content (AvgIpc) is 2.97. The smallest absolute Gasteiger partial charge is 0.373 e. The number of fused-ring (bicyclic) bond motifs is 1. The summed E-state index contributed by atoms with van der Waals surface area (Å²) in [6.07, 6.45) is -3.29. The molecule has 43 heavy (non-hydrogen) atoms. The van der Waals surface area contributed by atoms with E-state index in [2.05, 4.69) is 25.3 Å². The lowest BCUT2D eigenvalue weighted by Gasteiger charge is -2.31. The molecule has 0 radical (unpaired) electrons. The zero-order chi connectivity index (χ0) is 31.4. The fraction of sp³-hybridized carbons (Fsp3) is 0.406. The van der Waals surface area contributed by atoms with Crippen LogP contribution >= 0.6 is 0 Å². The van der Waals surface area contributed by atoms with E-state index in [9.17, 15) is 18.0 Å². The fourth-order valence-electron chi connectivity index (χ4n) is 4.71. The third-order valence-electron chi connectivity index (χ3n) is 7.10. The van der Waals surface area contributed by atoms with Crippen molar-refractivity contribution in [1.29, 1.82) is 0 Å². The highest BCUT2D eigenvalue weighted by molar-refractivity contribution is 5.90. The first-order chi connectivity index (χ1) is 20.3. The van der Waals surface area contributed by atoms with Crippen LogP contribution in [0.25, 0.3) is 22.4 Å². The number of alkyl halides is 3. The van der Waals surface area contributed by atoms with Crippen molar-refractivity contribution < 1.29 is 22.7 Å². The molecule has 0 unspecified atom stereocenters. The van der Waals surface area contributed by atoms with Crippen LogP contribution in [0.5, 0.6) is 0 Å². The lowest BCUT2D eigenvalue weighted by molar-refractivity contribution is -0.137. The summed E-state index contributed by atoms with van der Waals surface area (Å²) in [4.78, 5) is 32.6. The van der Waals surface area contributed by atoms with Gasteiger partial charge in [0.2, 0.25) is 5.91 Å². The number of rotatable bonds is 11. The molecule has 0 aliphatic heterocycles. The number of hydrogen-bond acceptors (Lipinski definition) is 7. The molecule has 0 aliphatic rings. The number of halogens is 3. The molecule has 0 fully saturated rings. The van der Waals surface area contributed by atoms with Crippen LogP contribution in [-0.2, 0) is 27.7 Å². The Morgan fingerprint density at radius 2 is 1.67 bits per heavy atom. The molecule has 0 bridgehead atoms. The first kappa shape index (κ1) is 31.8. The minimum absolute atomic E-state index is 0.0450. The number of hydrogen-bond donors (Lipinski definition) is 1. The minimum atomic E-state index is -4.59. The Morgan fingerprint density at radius 3 is 2.30 bits per heavy atom. The highest BCUT2D eigenvalue weighted by atomic mass is 19.4. The number of carbonyl (C=O) groups is 1. The van der Waals surface area contributed by atoms with E-state index >= 15 is 0 Å². The average molecular weight is 595 g/mol. The Balaban J connectivity index is 1.72. The second-order valence-corrected chi connectivity index (χ2v) is 11.2. The Labute approximate surface area is 249 Å². The maximum absolute atomic E-state index is 13.7. The molecule has 1 aromatic carbocycles. The maximum atomic E-state index is 13.7. The number of nitrogens with zero attached hydrogens (tertiary/aromatic N) is 5. The minimum Gasteiger partial charge on any atom is -0.373 e. The topological polar surface area (TPSA) is 93.1 Å². The number of benzene rings is 1. The number of anilines is 2. The highest BCUT2D eigenvalue weighted by Crippen LogP contribution is 2.36. The summed E-state index contributed by atoms with van der Waals surface area (Å²) in [6.45, 7) is 13.6. The first-order valence-electron chi connectivity index (χ1n) is 14.3. The summed E-state index contributed by atoms with van der Waals surface area (Å²) < 4.78 is 46.9. The van der Waals surface area contributed by atoms with E-state index in [1.54, 1.807) is 6.07 Å². The molecule has 0 spiro atoms. The lowest BCUT2D eigenvalue weighted by Crippen LogP contribution is -2.43. The van der Waals surface area contributed by atoms with Crippen LogP contribution in [0.3, 0.4) is 0 Å². The number of nitrogens with one attached hydrogen (secondary N) is 1. The van der Waals surface area contributed by atoms with Crippen LogP contribution in [0.2, 0.25) is 0 Å². The van der Waals surface area contributed by atoms with E-state index in [0.29, 0.717) is 48.3 Å². The molecule has 3 aromatic heterocycles. The highest BCUT2D eigenvalue weighted by Gasteiger charge is 2.35. The van der Waals surface area contributed by atoms with Crippen molar-refractivity contribution in [2.75, 3.05) is 25.0 Å². The zero-order valence-corrected chi connectivity index (χ0v) is 25.3. The Morgan fingerprint density at radius 1 is 0.977 bits per heavy atom. The summed E-state index contributed by atoms with van der Waals surface area (Å²) in [5.41, 5.74) is -0.0430. The number of likely N-dealkylation sites (N-methyl/N-ethyl adjacent to an activating group) is 1. The van der Waals surface area contributed by atoms with E-state index in [1.807, 2.05) is 70.7 Å². The predicted molar refractivity (Wildman–Crippen MR) is 161 cm³/mol. The van der Waals surface area contributed by atoms with Crippen LogP contribution in [0, 0.1) is 5.92 Å². The van der Waals surface area contributed by atoms with Crippen molar-refractivity contribution in [2.45, 2.75) is 59.7 Å². The lowest BCUT2D eigenvalue weighted by atomic mass is 9.83. The molecular weight excluding hydrogens is 557 g/mol. The number of aromatic nitrogens is 4. The van der Waals surface area contributed by atoms with E-state index in [-0.39, 0.29) is 29.5 Å². The summed E-state index contributed by atoms with van der Waals surface area (Å²) in [6, 6.07) is 12.9. The zero-order valence-electron chi connectivity index (χ0n) is 25.3. The molecule has 0 saturated heterocycles. The van der Waals surface area contributed by atoms with Gasteiger partial charge in [0.1, 0.15) is 18.1 Å². The first-order valence-corrected chi connectivity index (χ1v) is 14.3. The van der Waals surface area contributed by atoms with Gasteiger partial charge in [-0.05, 0) is 75.6 Å². The van der Waals surface area contributed by atoms with Crippen molar-refractivity contribution in [2.24, 2.45) is 5.92 Å². The molecule has 0 saturated carbocycles. The van der Waals surface area contributed by atoms with Crippen LogP contribution in [0.4, 0.5) is 24.7 Å². The van der Waals surface area contributed by atoms with Crippen molar-refractivity contribution in [3.63, 3.8) is 0 Å². The van der Waals surface area contributed by atoms with Gasteiger partial charge >= 0.3 is 6.18 Å². The SMILES string of the molecule is CCN(CC)C(=O)C(C)(C)c1ccc(Nc2nc(COCC(C)C)nc3nc(-c4ncccc4C(F)(F)F)ccc23)cc1. The van der Waals surface area contributed by atoms with E-state index in [1.165, 1.54) is 18.3 Å². The van der Waals surface area contributed by atoms with Crippen LogP contribution in [0.1, 0.15) is 58.5 Å². The molecule has 0 aliphatic carbocycles. The summed E-state index contributed by atoms with van der Waals surface area (Å²) in [7, 11) is 0. The summed E-state index contributed by atoms with van der Waals surface area (Å²) in [5.74, 6) is 1.11. The van der Waals surface area contributed by atoms with Crippen LogP contribution in [-0.4, -0.2) is 50.4 Å². The molecule has 4 aromatic rings. The molecule has 11 heteroatoms. The standard InChI is InChI=1S/C32H37F3N6O2/c1-7-41(8-2)30(42)31(5,6)21-11-13-22(14-12-21)37-28-23-15-16-25(27-24(32(33,34)35)10-9-17-36-27)38-29(23)40-26(39-28)19-43-18-20(3)4/h9-17,20H,7-8,18-19H2,1-6H3,(H,37,38,39,40). The van der Waals surface area contributed by atoms with Crippen LogP contribution in [0.15, 0.2) is 54.7 Å². The Bertz CT molecular complexity index is 1570. The van der Waals surface area contributed by atoms with Gasteiger partial charge in [-0.15, -0.1) is 0 Å². The second kappa shape index (κ2) is 13.0. The van der Waals surface area contributed by atoms with Gasteiger partial charge < -0.3 is 15.0 Å². The molecule has 0 atom stereocenters. The molecule has 1 N–H and O–H groups in total. The summed E-state index contributed by atoms with van der Waals surface area (Å²) in [5, 5.41) is 3.81. The second-order valence-electron chi connectivity index (χ2n) is 11.2. The van der Waals surface area contributed by atoms with Gasteiger partial charge in [-0.2, -0.15) is 13.2 Å². The van der Waals surface area contributed by atoms with Gasteiger partial charge in [-0.25, -0.2) is 15.0 Å². The monoisotopic (exact) mass is 594 g/mol. The molecular formula is C32H37F3N6O2. The quantitative estimate of drug-likeness (QED) is 0.197.